The van der Waals surface area contributed by atoms with Crippen molar-refractivity contribution in [3.63, 3.8) is 0 Å². The van der Waals surface area contributed by atoms with Gasteiger partial charge in [-0.2, -0.15) is 0 Å². The summed E-state index contributed by atoms with van der Waals surface area (Å²) in [4.78, 5) is 34.6. The van der Waals surface area contributed by atoms with Crippen LogP contribution in [0.15, 0.2) is 42.5 Å². The second-order valence-corrected chi connectivity index (χ2v) is 7.01. The van der Waals surface area contributed by atoms with Crippen LogP contribution < -0.4 is 15.4 Å². The number of carboxylic acid groups (broad SMARTS) is 1. The molecule has 0 saturated carbocycles. The van der Waals surface area contributed by atoms with Crippen molar-refractivity contribution in [3.8, 4) is 5.75 Å². The van der Waals surface area contributed by atoms with E-state index in [1.54, 1.807) is 24.3 Å². The van der Waals surface area contributed by atoms with Crippen LogP contribution in [-0.2, 0) is 9.59 Å². The first kappa shape index (κ1) is 21.9. The van der Waals surface area contributed by atoms with E-state index in [2.05, 4.69) is 24.5 Å². The standard InChI is InChI=1S/C22H26N2O5/c1-14(2)18-9-4-15(3)12-19(18)29-13-20(25)24-17-7-5-16(6-8-17)22(28)23-11-10-21(26)27/h4-9,12,14H,10-11,13H2,1-3H3,(H,23,28)(H,24,25)(H,26,27). The fraction of sp³-hybridized carbons (Fsp3) is 0.318. The van der Waals surface area contributed by atoms with E-state index in [1.165, 1.54) is 0 Å². The van der Waals surface area contributed by atoms with Crippen molar-refractivity contribution in [3.05, 3.63) is 59.2 Å². The zero-order valence-corrected chi connectivity index (χ0v) is 16.8. The number of hydrogen-bond acceptors (Lipinski definition) is 4. The number of anilines is 1. The number of carbonyl (C=O) groups is 3. The van der Waals surface area contributed by atoms with Crippen LogP contribution in [0.4, 0.5) is 5.69 Å². The van der Waals surface area contributed by atoms with Gasteiger partial charge in [0.1, 0.15) is 5.75 Å². The van der Waals surface area contributed by atoms with E-state index in [4.69, 9.17) is 9.84 Å². The molecule has 0 aliphatic heterocycles. The fourth-order valence-electron chi connectivity index (χ4n) is 2.67. The number of nitrogens with one attached hydrogen (secondary N) is 2. The molecule has 29 heavy (non-hydrogen) atoms. The van der Waals surface area contributed by atoms with Gasteiger partial charge in [-0.25, -0.2) is 0 Å². The van der Waals surface area contributed by atoms with Crippen LogP contribution in [0.3, 0.4) is 0 Å². The Balaban J connectivity index is 1.89. The molecule has 0 spiro atoms. The van der Waals surface area contributed by atoms with Crippen molar-refractivity contribution >= 4 is 23.5 Å². The Bertz CT molecular complexity index is 875. The van der Waals surface area contributed by atoms with Gasteiger partial charge in [-0.1, -0.05) is 26.0 Å². The van der Waals surface area contributed by atoms with Crippen LogP contribution in [0.5, 0.6) is 5.75 Å². The molecule has 3 N–H and O–H groups in total. The summed E-state index contributed by atoms with van der Waals surface area (Å²) in [5.74, 6) is -0.670. The number of amides is 2. The van der Waals surface area contributed by atoms with Crippen molar-refractivity contribution in [1.82, 2.24) is 5.32 Å². The number of benzene rings is 2. The lowest BCUT2D eigenvalue weighted by Gasteiger charge is -2.15. The first-order valence-corrected chi connectivity index (χ1v) is 9.39. The van der Waals surface area contributed by atoms with Crippen LogP contribution in [0.25, 0.3) is 0 Å². The minimum Gasteiger partial charge on any atom is -0.483 e. The lowest BCUT2D eigenvalue weighted by Crippen LogP contribution is -2.26. The van der Waals surface area contributed by atoms with E-state index in [-0.39, 0.29) is 37.3 Å². The minimum absolute atomic E-state index is 0.0569. The van der Waals surface area contributed by atoms with Crippen molar-refractivity contribution in [2.45, 2.75) is 33.1 Å². The van der Waals surface area contributed by atoms with Gasteiger partial charge in [-0.3, -0.25) is 14.4 Å². The normalized spacial score (nSPS) is 10.5. The van der Waals surface area contributed by atoms with Crippen molar-refractivity contribution < 1.29 is 24.2 Å². The highest BCUT2D eigenvalue weighted by atomic mass is 16.5. The lowest BCUT2D eigenvalue weighted by atomic mass is 10.0. The van der Waals surface area contributed by atoms with E-state index in [1.807, 2.05) is 25.1 Å². The molecule has 0 unspecified atom stereocenters. The monoisotopic (exact) mass is 398 g/mol. The zero-order chi connectivity index (χ0) is 21.4. The largest absolute Gasteiger partial charge is 0.483 e. The van der Waals surface area contributed by atoms with E-state index < -0.39 is 5.97 Å². The average molecular weight is 398 g/mol. The molecule has 0 radical (unpaired) electrons. The number of ether oxygens (including phenoxy) is 1. The Hall–Kier alpha value is -3.35. The van der Waals surface area contributed by atoms with E-state index >= 15 is 0 Å². The molecule has 7 nitrogen and oxygen atoms in total. The van der Waals surface area contributed by atoms with Crippen LogP contribution in [0.1, 0.15) is 47.7 Å². The number of rotatable bonds is 9. The number of aliphatic carboxylic acids is 1. The number of carboxylic acids is 1. The molecule has 0 saturated heterocycles. The van der Waals surface area contributed by atoms with E-state index in [9.17, 15) is 14.4 Å². The van der Waals surface area contributed by atoms with Crippen molar-refractivity contribution in [2.24, 2.45) is 0 Å². The fourth-order valence-corrected chi connectivity index (χ4v) is 2.67. The van der Waals surface area contributed by atoms with Crippen molar-refractivity contribution in [1.29, 1.82) is 0 Å². The summed E-state index contributed by atoms with van der Waals surface area (Å²) in [5.41, 5.74) is 3.02. The molecule has 0 aliphatic carbocycles. The highest BCUT2D eigenvalue weighted by Crippen LogP contribution is 2.27. The summed E-state index contributed by atoms with van der Waals surface area (Å²) >= 11 is 0. The van der Waals surface area contributed by atoms with E-state index in [0.29, 0.717) is 17.0 Å². The molecule has 0 heterocycles. The summed E-state index contributed by atoms with van der Waals surface area (Å²) in [6.45, 7) is 6.03. The van der Waals surface area contributed by atoms with Gasteiger partial charge in [0.05, 0.1) is 6.42 Å². The van der Waals surface area contributed by atoms with Crippen LogP contribution >= 0.6 is 0 Å². The smallest absolute Gasteiger partial charge is 0.305 e. The Kier molecular flexibility index (Phi) is 7.77. The van der Waals surface area contributed by atoms with Gasteiger partial charge in [0.2, 0.25) is 0 Å². The molecular formula is C22H26N2O5. The number of carbonyl (C=O) groups excluding carboxylic acids is 2. The van der Waals surface area contributed by atoms with Gasteiger partial charge in [0.15, 0.2) is 6.61 Å². The third-order valence-electron chi connectivity index (χ3n) is 4.21. The molecule has 154 valence electrons. The maximum Gasteiger partial charge on any atom is 0.305 e. The topological polar surface area (TPSA) is 105 Å². The first-order chi connectivity index (χ1) is 13.8. The van der Waals surface area contributed by atoms with Gasteiger partial charge in [-0.15, -0.1) is 0 Å². The quantitative estimate of drug-likeness (QED) is 0.601. The summed E-state index contributed by atoms with van der Waals surface area (Å²) in [7, 11) is 0. The van der Waals surface area contributed by atoms with Gasteiger partial charge in [0, 0.05) is 17.8 Å². The first-order valence-electron chi connectivity index (χ1n) is 9.39. The Labute approximate surface area is 170 Å². The molecule has 0 atom stereocenters. The van der Waals surface area contributed by atoms with Crippen LogP contribution in [0, 0.1) is 6.92 Å². The Morgan fingerprint density at radius 1 is 1.07 bits per heavy atom. The second kappa shape index (κ2) is 10.3. The third-order valence-corrected chi connectivity index (χ3v) is 4.21. The summed E-state index contributed by atoms with van der Waals surface area (Å²) in [6, 6.07) is 12.3. The predicted molar refractivity (Wildman–Crippen MR) is 110 cm³/mol. The molecule has 2 amide bonds. The number of aryl methyl sites for hydroxylation is 1. The SMILES string of the molecule is Cc1ccc(C(C)C)c(OCC(=O)Nc2ccc(C(=O)NCCC(=O)O)cc2)c1. The van der Waals surface area contributed by atoms with E-state index in [0.717, 1.165) is 11.1 Å². The Morgan fingerprint density at radius 3 is 2.38 bits per heavy atom. The minimum atomic E-state index is -0.975. The molecule has 2 aromatic rings. The molecule has 0 bridgehead atoms. The maximum atomic E-state index is 12.2. The Morgan fingerprint density at radius 2 is 1.76 bits per heavy atom. The zero-order valence-electron chi connectivity index (χ0n) is 16.8. The third kappa shape index (κ3) is 6.95. The molecule has 0 fully saturated rings. The summed E-state index contributed by atoms with van der Waals surface area (Å²) < 4.78 is 5.71. The molecule has 0 aromatic heterocycles. The highest BCUT2D eigenvalue weighted by Gasteiger charge is 2.11. The average Bonchev–Trinajstić information content (AvgIpc) is 2.66. The van der Waals surface area contributed by atoms with Gasteiger partial charge >= 0.3 is 5.97 Å². The lowest BCUT2D eigenvalue weighted by molar-refractivity contribution is -0.136. The van der Waals surface area contributed by atoms with Crippen LogP contribution in [0.2, 0.25) is 0 Å². The van der Waals surface area contributed by atoms with Gasteiger partial charge < -0.3 is 20.5 Å². The molecule has 0 aliphatic rings. The van der Waals surface area contributed by atoms with Gasteiger partial charge in [0.25, 0.3) is 11.8 Å². The molecule has 2 aromatic carbocycles. The summed E-state index contributed by atoms with van der Waals surface area (Å²) in [5, 5.41) is 13.8. The molecule has 2 rings (SSSR count). The maximum absolute atomic E-state index is 12.2. The molecule has 7 heteroatoms. The molecular weight excluding hydrogens is 372 g/mol. The predicted octanol–water partition coefficient (Wildman–Crippen LogP) is 3.34. The van der Waals surface area contributed by atoms with Crippen molar-refractivity contribution in [2.75, 3.05) is 18.5 Å². The highest BCUT2D eigenvalue weighted by molar-refractivity contribution is 5.96. The summed E-state index contributed by atoms with van der Waals surface area (Å²) in [6.07, 6.45) is -0.140. The number of hydrogen-bond donors (Lipinski definition) is 3. The van der Waals surface area contributed by atoms with Gasteiger partial charge in [-0.05, 0) is 54.3 Å². The van der Waals surface area contributed by atoms with Crippen LogP contribution in [-0.4, -0.2) is 36.0 Å². The second-order valence-electron chi connectivity index (χ2n) is 7.01.